The van der Waals surface area contributed by atoms with E-state index in [0.717, 1.165) is 5.56 Å². The summed E-state index contributed by atoms with van der Waals surface area (Å²) >= 11 is 5.99. The van der Waals surface area contributed by atoms with E-state index in [-0.39, 0.29) is 4.90 Å². The molecule has 112 valence electrons. The minimum absolute atomic E-state index is 0.186. The first-order chi connectivity index (χ1) is 9.81. The molecule has 4 nitrogen and oxygen atoms in total. The number of halogens is 1. The van der Waals surface area contributed by atoms with Crippen molar-refractivity contribution < 1.29 is 8.42 Å². The summed E-state index contributed by atoms with van der Waals surface area (Å²) < 4.78 is 27.6. The zero-order valence-corrected chi connectivity index (χ0v) is 13.4. The maximum Gasteiger partial charge on any atom is 0.241 e. The summed E-state index contributed by atoms with van der Waals surface area (Å²) in [5.74, 6) is 0. The summed E-state index contributed by atoms with van der Waals surface area (Å²) in [5, 5.41) is 0.425. The highest BCUT2D eigenvalue weighted by Gasteiger charge is 2.21. The third kappa shape index (κ3) is 3.56. The third-order valence-electron chi connectivity index (χ3n) is 3.25. The van der Waals surface area contributed by atoms with Crippen LogP contribution in [0.15, 0.2) is 47.4 Å². The van der Waals surface area contributed by atoms with E-state index in [0.29, 0.717) is 16.3 Å². The molecule has 3 N–H and O–H groups in total. The van der Waals surface area contributed by atoms with Crippen molar-refractivity contribution in [1.29, 1.82) is 0 Å². The van der Waals surface area contributed by atoms with Crippen LogP contribution in [0.3, 0.4) is 0 Å². The SMILES string of the molecule is Cc1c(Cl)cccc1S(=O)(=O)NC(C)c1cccc(N)c1. The number of anilines is 1. The predicted octanol–water partition coefficient (Wildman–Crippen LogP) is 3.27. The van der Waals surface area contributed by atoms with Gasteiger partial charge < -0.3 is 5.73 Å². The minimum Gasteiger partial charge on any atom is -0.399 e. The lowest BCUT2D eigenvalue weighted by Gasteiger charge is -2.16. The zero-order chi connectivity index (χ0) is 15.6. The van der Waals surface area contributed by atoms with Crippen LogP contribution < -0.4 is 10.5 Å². The minimum atomic E-state index is -3.65. The second-order valence-corrected chi connectivity index (χ2v) is 6.97. The molecule has 0 bridgehead atoms. The Bertz CT molecular complexity index is 760. The number of nitrogen functional groups attached to an aromatic ring is 1. The molecule has 6 heteroatoms. The van der Waals surface area contributed by atoms with Crippen LogP contribution in [0.5, 0.6) is 0 Å². The molecule has 2 aromatic carbocycles. The van der Waals surface area contributed by atoms with Crippen LogP contribution in [0.2, 0.25) is 5.02 Å². The van der Waals surface area contributed by atoms with Crippen molar-refractivity contribution in [3.05, 3.63) is 58.6 Å². The van der Waals surface area contributed by atoms with Gasteiger partial charge in [-0.15, -0.1) is 0 Å². The molecule has 0 radical (unpaired) electrons. The van der Waals surface area contributed by atoms with Crippen molar-refractivity contribution >= 4 is 27.3 Å². The largest absolute Gasteiger partial charge is 0.399 e. The van der Waals surface area contributed by atoms with Crippen LogP contribution in [0.4, 0.5) is 5.69 Å². The molecular weight excluding hydrogens is 308 g/mol. The molecule has 0 amide bonds. The molecule has 1 unspecified atom stereocenters. The Balaban J connectivity index is 2.31. The number of hydrogen-bond acceptors (Lipinski definition) is 3. The van der Waals surface area contributed by atoms with Gasteiger partial charge in [-0.3, -0.25) is 0 Å². The summed E-state index contributed by atoms with van der Waals surface area (Å²) in [4.78, 5) is 0.186. The predicted molar refractivity (Wildman–Crippen MR) is 85.8 cm³/mol. The van der Waals surface area contributed by atoms with E-state index in [4.69, 9.17) is 17.3 Å². The number of nitrogens with one attached hydrogen (secondary N) is 1. The van der Waals surface area contributed by atoms with Crippen molar-refractivity contribution in [2.75, 3.05) is 5.73 Å². The lowest BCUT2D eigenvalue weighted by Crippen LogP contribution is -2.27. The quantitative estimate of drug-likeness (QED) is 0.848. The van der Waals surface area contributed by atoms with Crippen LogP contribution in [0.25, 0.3) is 0 Å². The van der Waals surface area contributed by atoms with Crippen molar-refractivity contribution in [1.82, 2.24) is 4.72 Å². The van der Waals surface area contributed by atoms with Crippen LogP contribution in [0, 0.1) is 6.92 Å². The third-order valence-corrected chi connectivity index (χ3v) is 5.34. The van der Waals surface area contributed by atoms with E-state index >= 15 is 0 Å². The first-order valence-corrected chi connectivity index (χ1v) is 8.30. The normalized spacial score (nSPS) is 13.1. The van der Waals surface area contributed by atoms with Gasteiger partial charge >= 0.3 is 0 Å². The molecule has 2 rings (SSSR count). The molecule has 2 aromatic rings. The highest BCUT2D eigenvalue weighted by Crippen LogP contribution is 2.24. The molecule has 0 aliphatic heterocycles. The molecule has 1 atom stereocenters. The topological polar surface area (TPSA) is 72.2 Å². The summed E-state index contributed by atoms with van der Waals surface area (Å²) in [5.41, 5.74) is 7.65. The first-order valence-electron chi connectivity index (χ1n) is 6.44. The van der Waals surface area contributed by atoms with Crippen LogP contribution in [0.1, 0.15) is 24.1 Å². The van der Waals surface area contributed by atoms with Gasteiger partial charge in [0.05, 0.1) is 4.90 Å². The number of benzene rings is 2. The fourth-order valence-electron chi connectivity index (χ4n) is 2.07. The van der Waals surface area contributed by atoms with Crippen molar-refractivity contribution in [2.24, 2.45) is 0 Å². The average Bonchev–Trinajstić information content (AvgIpc) is 2.41. The molecule has 0 fully saturated rings. The van der Waals surface area contributed by atoms with Gasteiger partial charge in [0.2, 0.25) is 10.0 Å². The van der Waals surface area contributed by atoms with Gasteiger partial charge in [0.25, 0.3) is 0 Å². The van der Waals surface area contributed by atoms with Crippen LogP contribution in [-0.4, -0.2) is 8.42 Å². The van der Waals surface area contributed by atoms with E-state index in [2.05, 4.69) is 4.72 Å². The highest BCUT2D eigenvalue weighted by atomic mass is 35.5. The lowest BCUT2D eigenvalue weighted by atomic mass is 10.1. The second-order valence-electron chi connectivity index (χ2n) is 4.88. The average molecular weight is 325 g/mol. The van der Waals surface area contributed by atoms with Crippen LogP contribution >= 0.6 is 11.6 Å². The Morgan fingerprint density at radius 2 is 1.86 bits per heavy atom. The Morgan fingerprint density at radius 3 is 2.52 bits per heavy atom. The number of rotatable bonds is 4. The molecule has 0 spiro atoms. The Hall–Kier alpha value is -1.56. The highest BCUT2D eigenvalue weighted by molar-refractivity contribution is 7.89. The van der Waals surface area contributed by atoms with Crippen molar-refractivity contribution in [3.63, 3.8) is 0 Å². The molecule has 0 aliphatic rings. The van der Waals surface area contributed by atoms with Crippen molar-refractivity contribution in [2.45, 2.75) is 24.8 Å². The number of hydrogen-bond donors (Lipinski definition) is 2. The monoisotopic (exact) mass is 324 g/mol. The van der Waals surface area contributed by atoms with Crippen LogP contribution in [-0.2, 0) is 10.0 Å². The van der Waals surface area contributed by atoms with Gasteiger partial charge in [0.1, 0.15) is 0 Å². The molecule has 0 saturated carbocycles. The number of nitrogens with two attached hydrogens (primary N) is 1. The first kappa shape index (κ1) is 15.8. The van der Waals surface area contributed by atoms with Gasteiger partial charge in [-0.2, -0.15) is 0 Å². The molecular formula is C15H17ClN2O2S. The van der Waals surface area contributed by atoms with Gasteiger partial charge in [-0.05, 0) is 49.2 Å². The van der Waals surface area contributed by atoms with Gasteiger partial charge in [-0.25, -0.2) is 13.1 Å². The lowest BCUT2D eigenvalue weighted by molar-refractivity contribution is 0.566. The Kier molecular flexibility index (Phi) is 4.56. The summed E-state index contributed by atoms with van der Waals surface area (Å²) in [7, 11) is -3.65. The molecule has 0 aromatic heterocycles. The van der Waals surface area contributed by atoms with E-state index in [1.54, 1.807) is 44.2 Å². The maximum absolute atomic E-state index is 12.5. The van der Waals surface area contributed by atoms with Crippen molar-refractivity contribution in [3.8, 4) is 0 Å². The standard InChI is InChI=1S/C15H17ClN2O2S/c1-10-14(16)7-4-8-15(10)21(19,20)18-11(2)12-5-3-6-13(17)9-12/h3-9,11,18H,17H2,1-2H3. The number of sulfonamides is 1. The summed E-state index contributed by atoms with van der Waals surface area (Å²) in [6.45, 7) is 3.45. The van der Waals surface area contributed by atoms with Gasteiger partial charge in [-0.1, -0.05) is 29.8 Å². The fourth-order valence-corrected chi connectivity index (χ4v) is 3.80. The zero-order valence-electron chi connectivity index (χ0n) is 11.8. The van der Waals surface area contributed by atoms with E-state index in [1.807, 2.05) is 6.07 Å². The fraction of sp³-hybridized carbons (Fsp3) is 0.200. The Morgan fingerprint density at radius 1 is 1.19 bits per heavy atom. The Labute approximate surface area is 130 Å². The molecule has 0 saturated heterocycles. The van der Waals surface area contributed by atoms with Gasteiger partial charge in [0, 0.05) is 16.8 Å². The maximum atomic E-state index is 12.5. The molecule has 0 aliphatic carbocycles. The van der Waals surface area contributed by atoms with E-state index in [9.17, 15) is 8.42 Å². The second kappa shape index (κ2) is 6.05. The summed E-state index contributed by atoms with van der Waals surface area (Å²) in [6.07, 6.45) is 0. The molecule has 21 heavy (non-hydrogen) atoms. The smallest absolute Gasteiger partial charge is 0.241 e. The van der Waals surface area contributed by atoms with E-state index < -0.39 is 16.1 Å². The van der Waals surface area contributed by atoms with Gasteiger partial charge in [0.15, 0.2) is 0 Å². The molecule has 0 heterocycles. The van der Waals surface area contributed by atoms with E-state index in [1.165, 1.54) is 6.07 Å². The summed E-state index contributed by atoms with van der Waals surface area (Å²) in [6, 6.07) is 11.6.